The van der Waals surface area contributed by atoms with Gasteiger partial charge in [-0.05, 0) is 30.3 Å². The zero-order valence-corrected chi connectivity index (χ0v) is 18.5. The van der Waals surface area contributed by atoms with Crippen LogP contribution in [-0.4, -0.2) is 41.5 Å². The Morgan fingerprint density at radius 1 is 0.944 bits per heavy atom. The highest BCUT2D eigenvalue weighted by molar-refractivity contribution is 6.05. The maximum atomic E-state index is 14.8. The third-order valence-electron chi connectivity index (χ3n) is 6.02. The van der Waals surface area contributed by atoms with Crippen LogP contribution >= 0.6 is 0 Å². The number of nitrogens with zero attached hydrogens (tertiary/aromatic N) is 4. The number of benzene rings is 1. The van der Waals surface area contributed by atoms with Crippen LogP contribution in [0.1, 0.15) is 5.56 Å². The molecule has 1 saturated heterocycles. The van der Waals surface area contributed by atoms with Crippen LogP contribution in [0.2, 0.25) is 0 Å². The van der Waals surface area contributed by atoms with Gasteiger partial charge in [0, 0.05) is 19.2 Å². The molecule has 11 heteroatoms. The molecule has 8 nitrogen and oxygen atoms in total. The fourth-order valence-electron chi connectivity index (χ4n) is 4.35. The van der Waals surface area contributed by atoms with Gasteiger partial charge in [0.2, 0.25) is 0 Å². The summed E-state index contributed by atoms with van der Waals surface area (Å²) in [7, 11) is 0. The Morgan fingerprint density at radius 2 is 1.75 bits per heavy atom. The highest BCUT2D eigenvalue weighted by Crippen LogP contribution is 2.43. The number of morpholine rings is 1. The van der Waals surface area contributed by atoms with Crippen molar-refractivity contribution in [3.63, 3.8) is 0 Å². The lowest BCUT2D eigenvalue weighted by molar-refractivity contribution is 0.121. The van der Waals surface area contributed by atoms with E-state index in [1.807, 2.05) is 11.0 Å². The lowest BCUT2D eigenvalue weighted by Gasteiger charge is -2.26. The fourth-order valence-corrected chi connectivity index (χ4v) is 4.35. The van der Waals surface area contributed by atoms with E-state index in [4.69, 9.17) is 13.6 Å². The molecule has 1 aliphatic heterocycles. The molecule has 1 N–H and O–H groups in total. The van der Waals surface area contributed by atoms with Gasteiger partial charge in [-0.1, -0.05) is 0 Å². The number of hydrogen-bond acceptors (Lipinski definition) is 7. The van der Waals surface area contributed by atoms with Crippen molar-refractivity contribution in [2.45, 2.75) is 0 Å². The summed E-state index contributed by atoms with van der Waals surface area (Å²) in [5, 5.41) is 17.6. The van der Waals surface area contributed by atoms with E-state index in [2.05, 4.69) is 15.2 Å². The van der Waals surface area contributed by atoms with Crippen molar-refractivity contribution < 1.29 is 26.7 Å². The molecule has 5 aromatic rings. The molecule has 1 aromatic carbocycles. The van der Waals surface area contributed by atoms with Crippen molar-refractivity contribution >= 4 is 16.9 Å². The lowest BCUT2D eigenvalue weighted by atomic mass is 9.95. The fraction of sp³-hybridized carbons (Fsp3) is 0.160. The number of anilines is 1. The van der Waals surface area contributed by atoms with Crippen LogP contribution in [0, 0.1) is 28.8 Å². The molecule has 6 rings (SSSR count). The Labute approximate surface area is 201 Å². The molecule has 1 aliphatic rings. The Kier molecular flexibility index (Phi) is 5.23. The van der Waals surface area contributed by atoms with E-state index < -0.39 is 23.0 Å². The van der Waals surface area contributed by atoms with Crippen molar-refractivity contribution in [3.05, 3.63) is 65.7 Å². The number of nitriles is 1. The van der Waals surface area contributed by atoms with Crippen molar-refractivity contribution in [1.29, 1.82) is 5.26 Å². The monoisotopic (exact) mass is 491 g/mol. The summed E-state index contributed by atoms with van der Waals surface area (Å²) in [6, 6.07) is 10.2. The molecule has 0 unspecified atom stereocenters. The van der Waals surface area contributed by atoms with Gasteiger partial charge in [0.05, 0.1) is 47.2 Å². The van der Waals surface area contributed by atoms with Crippen molar-refractivity contribution in [2.75, 3.05) is 31.2 Å². The number of nitrogens with one attached hydrogen (secondary N) is 1. The second kappa shape index (κ2) is 8.58. The van der Waals surface area contributed by atoms with Crippen molar-refractivity contribution in [3.8, 4) is 40.1 Å². The molecular formula is C25H16F3N5O3. The number of fused-ring (bicyclic) bond motifs is 1. The SMILES string of the molecule is N#Cc1c(-c2c(F)ccc(F)c2F)nc2[nH]nc(-c3ccco3)c2c1-c1ccc(N2CCOCC2)o1. The number of ether oxygens (including phenoxy) is 1. The number of furan rings is 2. The molecule has 1 fully saturated rings. The van der Waals surface area contributed by atoms with Gasteiger partial charge in [0.1, 0.15) is 23.3 Å². The van der Waals surface area contributed by atoms with Crippen LogP contribution in [0.4, 0.5) is 19.1 Å². The number of pyridine rings is 1. The van der Waals surface area contributed by atoms with Crippen LogP contribution in [0.3, 0.4) is 0 Å². The van der Waals surface area contributed by atoms with Crippen LogP contribution in [0.25, 0.3) is 45.1 Å². The van der Waals surface area contributed by atoms with Gasteiger partial charge in [0.15, 0.2) is 28.9 Å². The Morgan fingerprint density at radius 3 is 2.50 bits per heavy atom. The molecule has 180 valence electrons. The van der Waals surface area contributed by atoms with Crippen LogP contribution in [-0.2, 0) is 4.74 Å². The summed E-state index contributed by atoms with van der Waals surface area (Å²) >= 11 is 0. The molecule has 0 spiro atoms. The van der Waals surface area contributed by atoms with Gasteiger partial charge in [-0.15, -0.1) is 0 Å². The highest BCUT2D eigenvalue weighted by Gasteiger charge is 2.29. The Bertz CT molecular complexity index is 1630. The number of aromatic amines is 1. The van der Waals surface area contributed by atoms with Gasteiger partial charge >= 0.3 is 0 Å². The summed E-state index contributed by atoms with van der Waals surface area (Å²) in [4.78, 5) is 6.27. The number of rotatable bonds is 4. The van der Waals surface area contributed by atoms with E-state index >= 15 is 0 Å². The van der Waals surface area contributed by atoms with Crippen LogP contribution in [0.5, 0.6) is 0 Å². The molecular weight excluding hydrogens is 475 g/mol. The zero-order valence-electron chi connectivity index (χ0n) is 18.5. The van der Waals surface area contributed by atoms with E-state index in [9.17, 15) is 18.4 Å². The molecule has 0 bridgehead atoms. The minimum Gasteiger partial charge on any atom is -0.463 e. The minimum atomic E-state index is -1.46. The second-order valence-electron chi connectivity index (χ2n) is 8.05. The summed E-state index contributed by atoms with van der Waals surface area (Å²) < 4.78 is 60.8. The van der Waals surface area contributed by atoms with Gasteiger partial charge in [-0.25, -0.2) is 18.2 Å². The first-order valence-electron chi connectivity index (χ1n) is 11.0. The van der Waals surface area contributed by atoms with E-state index in [1.165, 1.54) is 6.26 Å². The summed E-state index contributed by atoms with van der Waals surface area (Å²) in [6.45, 7) is 2.29. The molecule has 0 aliphatic carbocycles. The summed E-state index contributed by atoms with van der Waals surface area (Å²) in [6.07, 6.45) is 1.46. The van der Waals surface area contributed by atoms with Gasteiger partial charge in [-0.3, -0.25) is 5.10 Å². The molecule has 36 heavy (non-hydrogen) atoms. The molecule has 0 atom stereocenters. The highest BCUT2D eigenvalue weighted by atomic mass is 19.2. The minimum absolute atomic E-state index is 0.109. The number of hydrogen-bond donors (Lipinski definition) is 1. The standard InChI is InChI=1S/C25H16F3N5O3/c26-14-3-4-15(27)22(28)20(14)23-13(12-29)19(16-5-6-18(36-16)33-7-10-34-11-8-33)21-24(17-2-1-9-35-17)31-32-25(21)30-23/h1-6,9H,7-8,10-11H2,(H,30,31,32). The van der Waals surface area contributed by atoms with E-state index in [0.29, 0.717) is 55.1 Å². The maximum Gasteiger partial charge on any atom is 0.196 e. The van der Waals surface area contributed by atoms with E-state index in [0.717, 1.165) is 6.07 Å². The number of halogens is 3. The second-order valence-corrected chi connectivity index (χ2v) is 8.05. The summed E-state index contributed by atoms with van der Waals surface area (Å²) in [5.41, 5.74) is -0.719. The first-order valence-corrected chi connectivity index (χ1v) is 11.0. The topological polar surface area (TPSA) is 104 Å². The van der Waals surface area contributed by atoms with Crippen LogP contribution in [0.15, 0.2) is 51.5 Å². The lowest BCUT2D eigenvalue weighted by Crippen LogP contribution is -2.35. The third-order valence-corrected chi connectivity index (χ3v) is 6.02. The normalized spacial score (nSPS) is 13.9. The van der Waals surface area contributed by atoms with Gasteiger partial charge in [0.25, 0.3) is 0 Å². The van der Waals surface area contributed by atoms with E-state index in [1.54, 1.807) is 24.3 Å². The molecule has 0 radical (unpaired) electrons. The molecule has 0 saturated carbocycles. The summed E-state index contributed by atoms with van der Waals surface area (Å²) in [5.74, 6) is -2.63. The van der Waals surface area contributed by atoms with E-state index in [-0.39, 0.29) is 28.2 Å². The Hall–Kier alpha value is -4.56. The molecule has 4 aromatic heterocycles. The van der Waals surface area contributed by atoms with Gasteiger partial charge in [-0.2, -0.15) is 10.4 Å². The predicted molar refractivity (Wildman–Crippen MR) is 122 cm³/mol. The average molecular weight is 491 g/mol. The quantitative estimate of drug-likeness (QED) is 0.342. The first-order chi connectivity index (χ1) is 17.6. The largest absolute Gasteiger partial charge is 0.463 e. The predicted octanol–water partition coefficient (Wildman–Crippen LogP) is 5.27. The van der Waals surface area contributed by atoms with Crippen molar-refractivity contribution in [1.82, 2.24) is 15.2 Å². The van der Waals surface area contributed by atoms with Crippen molar-refractivity contribution in [2.24, 2.45) is 0 Å². The smallest absolute Gasteiger partial charge is 0.196 e. The molecule has 0 amide bonds. The maximum absolute atomic E-state index is 14.8. The number of H-pyrrole nitrogens is 1. The molecule has 5 heterocycles. The van der Waals surface area contributed by atoms with Crippen LogP contribution < -0.4 is 4.90 Å². The zero-order chi connectivity index (χ0) is 24.8. The Balaban J connectivity index is 1.66. The first kappa shape index (κ1) is 21.9. The van der Waals surface area contributed by atoms with Gasteiger partial charge < -0.3 is 18.5 Å². The third kappa shape index (κ3) is 3.42. The number of aromatic nitrogens is 3. The average Bonchev–Trinajstić information content (AvgIpc) is 3.67.